The lowest BCUT2D eigenvalue weighted by Crippen LogP contribution is -1.97. The van der Waals surface area contributed by atoms with Crippen molar-refractivity contribution in [1.82, 2.24) is 14.8 Å². The quantitative estimate of drug-likeness (QED) is 0.716. The molecule has 2 aromatic heterocycles. The fourth-order valence-electron chi connectivity index (χ4n) is 1.60. The van der Waals surface area contributed by atoms with E-state index in [-0.39, 0.29) is 0 Å². The number of rotatable bonds is 3. The molecule has 0 unspecified atom stereocenters. The summed E-state index contributed by atoms with van der Waals surface area (Å²) in [6, 6.07) is 18.1. The highest BCUT2D eigenvalue weighted by Crippen LogP contribution is 2.25. The summed E-state index contributed by atoms with van der Waals surface area (Å²) in [5.74, 6) is 0.834. The maximum Gasteiger partial charge on any atom is 0.154 e. The van der Waals surface area contributed by atoms with Gasteiger partial charge in [0.15, 0.2) is 5.82 Å². The van der Waals surface area contributed by atoms with Gasteiger partial charge in [0.2, 0.25) is 0 Å². The van der Waals surface area contributed by atoms with Crippen LogP contribution in [0.1, 0.15) is 0 Å². The Bertz CT molecular complexity index is 621. The molecule has 0 saturated carbocycles. The molecule has 3 aromatic rings. The van der Waals surface area contributed by atoms with Crippen LogP contribution in [0.4, 0.5) is 0 Å². The molecule has 0 aliphatic heterocycles. The predicted octanol–water partition coefficient (Wildman–Crippen LogP) is 3.42. The van der Waals surface area contributed by atoms with E-state index in [4.69, 9.17) is 0 Å². The van der Waals surface area contributed by atoms with Gasteiger partial charge in [0.05, 0.1) is 0 Å². The molecule has 0 radical (unpaired) electrons. The van der Waals surface area contributed by atoms with E-state index >= 15 is 0 Å². The minimum atomic E-state index is 0.834. The largest absolute Gasteiger partial charge is 0.223 e. The first-order valence-electron chi connectivity index (χ1n) is 5.62. The Morgan fingerprint density at radius 1 is 0.889 bits per heavy atom. The Labute approximate surface area is 109 Å². The molecule has 0 N–H and O–H groups in total. The second-order valence-corrected chi connectivity index (χ2v) is 4.79. The Hall–Kier alpha value is -2.07. The summed E-state index contributed by atoms with van der Waals surface area (Å²) in [4.78, 5) is 5.76. The standard InChI is InChI=1S/C14H11N3S/c1-2-6-12(7-3-1)18-14-9-4-8-13(16-14)17-11-5-10-15-17/h1-11H. The minimum absolute atomic E-state index is 0.834. The van der Waals surface area contributed by atoms with Gasteiger partial charge in [-0.15, -0.1) is 0 Å². The van der Waals surface area contributed by atoms with E-state index in [0.29, 0.717) is 0 Å². The smallest absolute Gasteiger partial charge is 0.154 e. The Kier molecular flexibility index (Phi) is 3.10. The van der Waals surface area contributed by atoms with Crippen molar-refractivity contribution >= 4 is 11.8 Å². The van der Waals surface area contributed by atoms with Crippen LogP contribution in [-0.4, -0.2) is 14.8 Å². The Morgan fingerprint density at radius 2 is 1.78 bits per heavy atom. The first-order chi connectivity index (χ1) is 8.92. The van der Waals surface area contributed by atoms with Crippen LogP contribution in [0.15, 0.2) is 76.9 Å². The number of nitrogens with zero attached hydrogens (tertiary/aromatic N) is 3. The van der Waals surface area contributed by atoms with Gasteiger partial charge >= 0.3 is 0 Å². The highest BCUT2D eigenvalue weighted by molar-refractivity contribution is 7.99. The van der Waals surface area contributed by atoms with E-state index in [0.717, 1.165) is 10.8 Å². The van der Waals surface area contributed by atoms with E-state index in [1.165, 1.54) is 4.90 Å². The van der Waals surface area contributed by atoms with Crippen LogP contribution in [0.2, 0.25) is 0 Å². The molecule has 0 saturated heterocycles. The number of aromatic nitrogens is 3. The number of benzene rings is 1. The zero-order valence-electron chi connectivity index (χ0n) is 9.60. The van der Waals surface area contributed by atoms with Crippen molar-refractivity contribution in [3.8, 4) is 5.82 Å². The second kappa shape index (κ2) is 5.06. The third kappa shape index (κ3) is 2.43. The molecule has 0 bridgehead atoms. The summed E-state index contributed by atoms with van der Waals surface area (Å²) >= 11 is 1.65. The van der Waals surface area contributed by atoms with Crippen LogP contribution in [0.3, 0.4) is 0 Å². The zero-order valence-corrected chi connectivity index (χ0v) is 10.4. The first-order valence-corrected chi connectivity index (χ1v) is 6.43. The molecular weight excluding hydrogens is 242 g/mol. The van der Waals surface area contributed by atoms with Crippen molar-refractivity contribution in [3.05, 3.63) is 67.0 Å². The summed E-state index contributed by atoms with van der Waals surface area (Å²) in [6.07, 6.45) is 3.64. The van der Waals surface area contributed by atoms with Gasteiger partial charge in [0, 0.05) is 17.3 Å². The first kappa shape index (κ1) is 11.0. The lowest BCUT2D eigenvalue weighted by atomic mass is 10.4. The summed E-state index contributed by atoms with van der Waals surface area (Å²) in [5, 5.41) is 5.15. The molecule has 0 atom stereocenters. The van der Waals surface area contributed by atoms with Crippen LogP contribution in [0, 0.1) is 0 Å². The molecule has 3 nitrogen and oxygen atoms in total. The molecular formula is C14H11N3S. The minimum Gasteiger partial charge on any atom is -0.223 e. The second-order valence-electron chi connectivity index (χ2n) is 3.70. The SMILES string of the molecule is c1ccc(Sc2cccc(-n3cccn3)n2)cc1. The molecule has 88 valence electrons. The molecule has 0 aliphatic rings. The summed E-state index contributed by atoms with van der Waals surface area (Å²) in [6.45, 7) is 0. The Morgan fingerprint density at radius 3 is 2.56 bits per heavy atom. The number of hydrogen-bond acceptors (Lipinski definition) is 3. The maximum absolute atomic E-state index is 4.57. The fourth-order valence-corrected chi connectivity index (χ4v) is 2.42. The summed E-state index contributed by atoms with van der Waals surface area (Å²) in [7, 11) is 0. The van der Waals surface area contributed by atoms with E-state index < -0.39 is 0 Å². The molecule has 0 amide bonds. The van der Waals surface area contributed by atoms with E-state index in [1.807, 2.05) is 48.7 Å². The van der Waals surface area contributed by atoms with Crippen LogP contribution in [-0.2, 0) is 0 Å². The third-order valence-corrected chi connectivity index (χ3v) is 3.36. The number of hydrogen-bond donors (Lipinski definition) is 0. The van der Waals surface area contributed by atoms with Crippen LogP contribution < -0.4 is 0 Å². The van der Waals surface area contributed by atoms with Crippen molar-refractivity contribution in [2.75, 3.05) is 0 Å². The Balaban J connectivity index is 1.88. The highest BCUT2D eigenvalue weighted by atomic mass is 32.2. The fraction of sp³-hybridized carbons (Fsp3) is 0. The van der Waals surface area contributed by atoms with Gasteiger partial charge in [-0.25, -0.2) is 9.67 Å². The van der Waals surface area contributed by atoms with Crippen molar-refractivity contribution in [2.45, 2.75) is 9.92 Å². The van der Waals surface area contributed by atoms with E-state index in [9.17, 15) is 0 Å². The average Bonchev–Trinajstić information content (AvgIpc) is 2.94. The molecule has 4 heteroatoms. The monoisotopic (exact) mass is 253 g/mol. The lowest BCUT2D eigenvalue weighted by molar-refractivity contribution is 0.830. The maximum atomic E-state index is 4.57. The molecule has 2 heterocycles. The lowest BCUT2D eigenvalue weighted by Gasteiger charge is -2.04. The van der Waals surface area contributed by atoms with Gasteiger partial charge in [-0.1, -0.05) is 36.0 Å². The molecule has 0 spiro atoms. The van der Waals surface area contributed by atoms with Crippen molar-refractivity contribution in [2.24, 2.45) is 0 Å². The zero-order chi connectivity index (χ0) is 12.2. The third-order valence-electron chi connectivity index (χ3n) is 2.41. The van der Waals surface area contributed by atoms with Crippen LogP contribution in [0.5, 0.6) is 0 Å². The summed E-state index contributed by atoms with van der Waals surface area (Å²) in [5.41, 5.74) is 0. The predicted molar refractivity (Wildman–Crippen MR) is 71.9 cm³/mol. The normalized spacial score (nSPS) is 10.4. The van der Waals surface area contributed by atoms with Gasteiger partial charge in [-0.3, -0.25) is 0 Å². The molecule has 0 aliphatic carbocycles. The summed E-state index contributed by atoms with van der Waals surface area (Å²) < 4.78 is 1.76. The van der Waals surface area contributed by atoms with Gasteiger partial charge in [-0.05, 0) is 30.3 Å². The van der Waals surface area contributed by atoms with Gasteiger partial charge in [-0.2, -0.15) is 5.10 Å². The van der Waals surface area contributed by atoms with Crippen molar-refractivity contribution < 1.29 is 0 Å². The average molecular weight is 253 g/mol. The van der Waals surface area contributed by atoms with Crippen molar-refractivity contribution in [3.63, 3.8) is 0 Å². The molecule has 0 fully saturated rings. The van der Waals surface area contributed by atoms with Gasteiger partial charge in [0.1, 0.15) is 5.03 Å². The topological polar surface area (TPSA) is 30.7 Å². The van der Waals surface area contributed by atoms with Crippen LogP contribution >= 0.6 is 11.8 Å². The van der Waals surface area contributed by atoms with Gasteiger partial charge < -0.3 is 0 Å². The van der Waals surface area contributed by atoms with Crippen LogP contribution in [0.25, 0.3) is 5.82 Å². The molecule has 3 rings (SSSR count). The highest BCUT2D eigenvalue weighted by Gasteiger charge is 2.01. The molecule has 1 aromatic carbocycles. The van der Waals surface area contributed by atoms with Crippen molar-refractivity contribution in [1.29, 1.82) is 0 Å². The van der Waals surface area contributed by atoms with Gasteiger partial charge in [0.25, 0.3) is 0 Å². The van der Waals surface area contributed by atoms with E-state index in [2.05, 4.69) is 22.2 Å². The number of pyridine rings is 1. The van der Waals surface area contributed by atoms with E-state index in [1.54, 1.807) is 22.6 Å². The molecule has 18 heavy (non-hydrogen) atoms.